The fourth-order valence-electron chi connectivity index (χ4n) is 0. The number of rotatable bonds is 0. The Kier molecular flexibility index (Phi) is 27.9. The summed E-state index contributed by atoms with van der Waals surface area (Å²) in [4.78, 5) is 17.9. The van der Waals surface area contributed by atoms with Gasteiger partial charge in [-0.25, -0.2) is 0 Å². The van der Waals surface area contributed by atoms with Gasteiger partial charge >= 0.3 is 54.1 Å². The van der Waals surface area contributed by atoms with Crippen LogP contribution in [-0.2, 0) is 37.1 Å². The molecule has 14 heavy (non-hydrogen) atoms. The molecule has 71 valence electrons. The number of carboxylic acid groups (broad SMARTS) is 2. The van der Waals surface area contributed by atoms with Crippen LogP contribution in [0.15, 0.2) is 0 Å². The minimum absolute atomic E-state index is 0. The van der Waals surface area contributed by atoms with Gasteiger partial charge in [-0.05, 0) is 0 Å². The molecular weight excluding hydrogens is 275 g/mol. The Bertz CT molecular complexity index is 227. The van der Waals surface area contributed by atoms with E-state index in [1.165, 1.54) is 0 Å². The number of carbonyl (C=O) groups excluding carboxylic acids is 2. The van der Waals surface area contributed by atoms with Crippen LogP contribution in [0.4, 0.5) is 0 Å². The first-order valence-electron chi connectivity index (χ1n) is 1.73. The Labute approximate surface area is 113 Å². The van der Waals surface area contributed by atoms with E-state index in [0.717, 1.165) is 0 Å². The molecule has 0 atom stereocenters. The van der Waals surface area contributed by atoms with Crippen LogP contribution in [-0.4, -0.2) is 29.5 Å². The maximum atomic E-state index is 8.93. The van der Waals surface area contributed by atoms with Gasteiger partial charge in [0.1, 0.15) is 0 Å². The van der Waals surface area contributed by atoms with Gasteiger partial charge < -0.3 is 28.9 Å². The normalized spacial score (nSPS) is 7.29. The molecule has 0 bridgehead atoms. The summed E-state index contributed by atoms with van der Waals surface area (Å²) in [6.45, 7) is 0. The SMILES string of the molecule is O=C([O-])C(=O)[O-].O=S(=O)([O-])[O-].[C+4].[Fe+3].[Na+]. The second kappa shape index (κ2) is 13.3. The van der Waals surface area contributed by atoms with Crippen LogP contribution < -0.4 is 39.8 Å². The molecule has 0 aromatic carbocycles. The van der Waals surface area contributed by atoms with Crippen molar-refractivity contribution in [1.82, 2.24) is 0 Å². The van der Waals surface area contributed by atoms with Crippen molar-refractivity contribution in [2.24, 2.45) is 0 Å². The Hall–Kier alpha value is 0.329. The fraction of sp³-hybridized carbons (Fsp3) is 0. The summed E-state index contributed by atoms with van der Waals surface area (Å²) in [7, 11) is -5.17. The summed E-state index contributed by atoms with van der Waals surface area (Å²) < 4.78 is 34.1. The van der Waals surface area contributed by atoms with Gasteiger partial charge in [0, 0.05) is 10.4 Å². The fourth-order valence-corrected chi connectivity index (χ4v) is 0. The van der Waals surface area contributed by atoms with Crippen LogP contribution in [0, 0.1) is 7.43 Å². The van der Waals surface area contributed by atoms with Crippen molar-refractivity contribution in [3.63, 3.8) is 0 Å². The molecule has 0 rings (SSSR count). The van der Waals surface area contributed by atoms with E-state index < -0.39 is 22.3 Å². The van der Waals surface area contributed by atoms with Crippen LogP contribution in [0.1, 0.15) is 0 Å². The molecule has 8 nitrogen and oxygen atoms in total. The second-order valence-corrected chi connectivity index (χ2v) is 1.80. The van der Waals surface area contributed by atoms with E-state index in [2.05, 4.69) is 0 Å². The third kappa shape index (κ3) is 84.4. The summed E-state index contributed by atoms with van der Waals surface area (Å²) in [5, 5.41) is 17.9. The first-order valence-corrected chi connectivity index (χ1v) is 3.07. The third-order valence-corrected chi connectivity index (χ3v) is 0.167. The van der Waals surface area contributed by atoms with Crippen LogP contribution in [0.5, 0.6) is 0 Å². The summed E-state index contributed by atoms with van der Waals surface area (Å²) in [5.41, 5.74) is 0. The molecule has 1 radical (unpaired) electrons. The first kappa shape index (κ1) is 29.3. The van der Waals surface area contributed by atoms with E-state index in [0.29, 0.717) is 0 Å². The van der Waals surface area contributed by atoms with E-state index in [1.54, 1.807) is 0 Å². The van der Waals surface area contributed by atoms with E-state index in [9.17, 15) is 0 Å². The monoisotopic (exact) mass is 275 g/mol. The maximum absolute atomic E-state index is 8.93. The van der Waals surface area contributed by atoms with Crippen LogP contribution in [0.25, 0.3) is 0 Å². The molecule has 0 saturated heterocycles. The summed E-state index contributed by atoms with van der Waals surface area (Å²) in [6.07, 6.45) is 0. The molecule has 0 aliphatic rings. The maximum Gasteiger partial charge on any atom is 4.00 e. The number of hydrogen-bond acceptors (Lipinski definition) is 8. The third-order valence-electron chi connectivity index (χ3n) is 0.167. The quantitative estimate of drug-likeness (QED) is 0.182. The molecule has 0 aromatic rings. The van der Waals surface area contributed by atoms with Crippen molar-refractivity contribution in [3.05, 3.63) is 7.43 Å². The van der Waals surface area contributed by atoms with Crippen LogP contribution in [0.3, 0.4) is 0 Å². The molecule has 11 heteroatoms. The average Bonchev–Trinajstić information content (AvgIpc) is 1.59. The number of aliphatic carboxylic acids is 2. The molecule has 0 aliphatic heterocycles. The van der Waals surface area contributed by atoms with Crippen molar-refractivity contribution >= 4 is 22.3 Å². The standard InChI is InChI=1S/C2H2O4.C.Fe.Na.H2O4S/c3-1(4)2(5)6;;;;1-5(2,3)4/h(H,3,4)(H,5,6);;;;(H2,1,2,3,4)/q;+4;+3;+1;/p-4. The van der Waals surface area contributed by atoms with Gasteiger partial charge in [0.15, 0.2) is 0 Å². The van der Waals surface area contributed by atoms with Crippen molar-refractivity contribution in [2.75, 3.05) is 0 Å². The zero-order valence-electron chi connectivity index (χ0n) is 6.53. The Morgan fingerprint density at radius 1 is 0.929 bits per heavy atom. The Morgan fingerprint density at radius 3 is 1.00 bits per heavy atom. The van der Waals surface area contributed by atoms with Crippen LogP contribution >= 0.6 is 0 Å². The summed E-state index contributed by atoms with van der Waals surface area (Å²) in [5.74, 6) is -4.37. The zero-order chi connectivity index (χ0) is 9.65. The largest absolute Gasteiger partial charge is 4.00 e. The topological polar surface area (TPSA) is 161 Å². The van der Waals surface area contributed by atoms with E-state index in [4.69, 9.17) is 37.3 Å². The summed E-state index contributed by atoms with van der Waals surface area (Å²) >= 11 is 0. The molecule has 0 heterocycles. The summed E-state index contributed by atoms with van der Waals surface area (Å²) in [6, 6.07) is 0. The van der Waals surface area contributed by atoms with E-state index in [1.807, 2.05) is 0 Å². The average molecular weight is 275 g/mol. The molecule has 0 saturated carbocycles. The predicted molar refractivity (Wildman–Crippen MR) is 23.7 cm³/mol. The molecule has 0 amide bonds. The van der Waals surface area contributed by atoms with E-state index in [-0.39, 0.29) is 54.1 Å². The molecule has 0 N–H and O–H groups in total. The van der Waals surface area contributed by atoms with Gasteiger partial charge in [-0.3, -0.25) is 8.42 Å². The van der Waals surface area contributed by atoms with Crippen molar-refractivity contribution in [3.8, 4) is 0 Å². The number of carboxylic acids is 2. The Morgan fingerprint density at radius 2 is 1.00 bits per heavy atom. The first-order chi connectivity index (χ1) is 4.64. The number of hydrogen-bond donors (Lipinski definition) is 0. The molecular formula is C3FeNaO8S+4. The molecule has 0 unspecified atom stereocenters. The van der Waals surface area contributed by atoms with Crippen LogP contribution in [0.2, 0.25) is 0 Å². The van der Waals surface area contributed by atoms with Gasteiger partial charge in [0.2, 0.25) is 0 Å². The second-order valence-electron chi connectivity index (χ2n) is 0.983. The van der Waals surface area contributed by atoms with Gasteiger partial charge in [0.25, 0.3) is 0 Å². The van der Waals surface area contributed by atoms with Gasteiger partial charge in [-0.1, -0.05) is 0 Å². The van der Waals surface area contributed by atoms with Gasteiger partial charge in [0.05, 0.1) is 11.9 Å². The van der Waals surface area contributed by atoms with Gasteiger partial charge in [-0.2, -0.15) is 0 Å². The molecule has 0 spiro atoms. The van der Waals surface area contributed by atoms with E-state index >= 15 is 0 Å². The van der Waals surface area contributed by atoms with Gasteiger partial charge in [-0.15, -0.1) is 0 Å². The predicted octanol–water partition coefficient (Wildman–Crippen LogP) is -7.77. The number of carbonyl (C=O) groups is 2. The minimum atomic E-state index is -5.17. The molecule has 0 aliphatic carbocycles. The van der Waals surface area contributed by atoms with Crippen molar-refractivity contribution in [2.45, 2.75) is 0 Å². The minimum Gasteiger partial charge on any atom is -0.759 e. The van der Waals surface area contributed by atoms with Crippen molar-refractivity contribution < 1.29 is 84.0 Å². The smallest absolute Gasteiger partial charge is 0.759 e. The molecule has 0 fully saturated rings. The Balaban J connectivity index is -0.0000000321. The molecule has 0 aromatic heterocycles. The zero-order valence-corrected chi connectivity index (χ0v) is 10.4. The van der Waals surface area contributed by atoms with Crippen molar-refractivity contribution in [1.29, 1.82) is 0 Å².